The highest BCUT2D eigenvalue weighted by Crippen LogP contribution is 2.32. The number of methoxy groups -OCH3 is 1. The summed E-state index contributed by atoms with van der Waals surface area (Å²) in [5.74, 6) is 0.795. The minimum absolute atomic E-state index is 0.155. The first kappa shape index (κ1) is 11.4. The Hall–Kier alpha value is -1.65. The Labute approximate surface area is 106 Å². The van der Waals surface area contributed by atoms with E-state index in [0.29, 0.717) is 0 Å². The van der Waals surface area contributed by atoms with Gasteiger partial charge in [0.1, 0.15) is 18.2 Å². The molecule has 2 aliphatic rings. The van der Waals surface area contributed by atoms with Crippen LogP contribution in [0.2, 0.25) is 0 Å². The zero-order valence-electron chi connectivity index (χ0n) is 10.6. The fourth-order valence-corrected chi connectivity index (χ4v) is 2.99. The van der Waals surface area contributed by atoms with Crippen molar-refractivity contribution in [3.05, 3.63) is 17.6 Å². The van der Waals surface area contributed by atoms with Crippen LogP contribution in [0.1, 0.15) is 30.5 Å². The lowest BCUT2D eigenvalue weighted by Crippen LogP contribution is -2.38. The molecule has 1 unspecified atom stereocenters. The number of anilines is 1. The van der Waals surface area contributed by atoms with Crippen LogP contribution in [0, 0.1) is 0 Å². The van der Waals surface area contributed by atoms with Crippen LogP contribution in [0.3, 0.4) is 0 Å². The lowest BCUT2D eigenvalue weighted by atomic mass is 10.2. The highest BCUT2D eigenvalue weighted by atomic mass is 16.5. The van der Waals surface area contributed by atoms with Gasteiger partial charge in [-0.05, 0) is 32.1 Å². The molecule has 0 spiro atoms. The Balaban J connectivity index is 1.95. The number of nitrogens with zero attached hydrogens (tertiary/aromatic N) is 3. The zero-order valence-corrected chi connectivity index (χ0v) is 10.6. The van der Waals surface area contributed by atoms with Gasteiger partial charge in [0.05, 0.1) is 7.11 Å². The molecule has 96 valence electrons. The maximum atomic E-state index is 11.8. The molecule has 0 N–H and O–H groups in total. The Bertz CT molecular complexity index is 475. The summed E-state index contributed by atoms with van der Waals surface area (Å²) >= 11 is 0. The first-order chi connectivity index (χ1) is 8.81. The lowest BCUT2D eigenvalue weighted by Gasteiger charge is -2.25. The Kier molecular flexibility index (Phi) is 2.89. The quantitative estimate of drug-likeness (QED) is 0.733. The van der Waals surface area contributed by atoms with Gasteiger partial charge < -0.3 is 9.64 Å². The molecule has 0 saturated carbocycles. The highest BCUT2D eigenvalue weighted by Gasteiger charge is 2.34. The van der Waals surface area contributed by atoms with Gasteiger partial charge in [-0.15, -0.1) is 0 Å². The van der Waals surface area contributed by atoms with Crippen molar-refractivity contribution in [3.63, 3.8) is 0 Å². The molecule has 3 rings (SSSR count). The number of aryl methyl sites for hydroxylation is 1. The van der Waals surface area contributed by atoms with Gasteiger partial charge in [-0.25, -0.2) is 14.8 Å². The molecule has 0 amide bonds. The average molecular weight is 247 g/mol. The number of rotatable bonds is 2. The summed E-state index contributed by atoms with van der Waals surface area (Å²) in [4.78, 5) is 22.6. The summed E-state index contributed by atoms with van der Waals surface area (Å²) < 4.78 is 4.88. The molecule has 1 aliphatic heterocycles. The molecule has 0 aromatic carbocycles. The topological polar surface area (TPSA) is 55.3 Å². The summed E-state index contributed by atoms with van der Waals surface area (Å²) in [5.41, 5.74) is 2.38. The SMILES string of the molecule is COC(=O)C1CCCN1c1ncnc2c1CCC2. The molecular weight excluding hydrogens is 230 g/mol. The first-order valence-corrected chi connectivity index (χ1v) is 6.48. The summed E-state index contributed by atoms with van der Waals surface area (Å²) in [6, 6.07) is -0.172. The largest absolute Gasteiger partial charge is 0.467 e. The number of carbonyl (C=O) groups excluding carboxylic acids is 1. The number of aromatic nitrogens is 2. The molecule has 1 fully saturated rings. The van der Waals surface area contributed by atoms with Crippen LogP contribution in [-0.4, -0.2) is 35.6 Å². The normalized spacial score (nSPS) is 22.1. The second-order valence-corrected chi connectivity index (χ2v) is 4.85. The van der Waals surface area contributed by atoms with Crippen molar-refractivity contribution in [2.24, 2.45) is 0 Å². The molecule has 1 saturated heterocycles. The van der Waals surface area contributed by atoms with Gasteiger partial charge in [0.25, 0.3) is 0 Å². The minimum atomic E-state index is -0.172. The first-order valence-electron chi connectivity index (χ1n) is 6.48. The number of carbonyl (C=O) groups is 1. The van der Waals surface area contributed by atoms with E-state index in [0.717, 1.165) is 50.2 Å². The van der Waals surface area contributed by atoms with Crippen molar-refractivity contribution in [3.8, 4) is 0 Å². The van der Waals surface area contributed by atoms with E-state index < -0.39 is 0 Å². The molecule has 5 heteroatoms. The molecule has 1 aliphatic carbocycles. The van der Waals surface area contributed by atoms with Crippen LogP contribution in [0.5, 0.6) is 0 Å². The second kappa shape index (κ2) is 4.55. The van der Waals surface area contributed by atoms with Gasteiger partial charge in [0.2, 0.25) is 0 Å². The lowest BCUT2D eigenvalue weighted by molar-refractivity contribution is -0.141. The number of ether oxygens (including phenoxy) is 1. The van der Waals surface area contributed by atoms with Gasteiger partial charge in [-0.1, -0.05) is 0 Å². The molecule has 1 aromatic rings. The van der Waals surface area contributed by atoms with E-state index in [1.54, 1.807) is 6.33 Å². The van der Waals surface area contributed by atoms with Crippen molar-refractivity contribution in [2.45, 2.75) is 38.1 Å². The van der Waals surface area contributed by atoms with Crippen LogP contribution >= 0.6 is 0 Å². The number of esters is 1. The van der Waals surface area contributed by atoms with Gasteiger partial charge in [-0.2, -0.15) is 0 Å². The van der Waals surface area contributed by atoms with E-state index in [9.17, 15) is 4.79 Å². The van der Waals surface area contributed by atoms with Crippen molar-refractivity contribution in [1.29, 1.82) is 0 Å². The summed E-state index contributed by atoms with van der Waals surface area (Å²) in [6.07, 6.45) is 6.67. The summed E-state index contributed by atoms with van der Waals surface area (Å²) in [6.45, 7) is 0.878. The van der Waals surface area contributed by atoms with E-state index in [4.69, 9.17) is 4.74 Å². The second-order valence-electron chi connectivity index (χ2n) is 4.85. The monoisotopic (exact) mass is 247 g/mol. The summed E-state index contributed by atoms with van der Waals surface area (Å²) in [7, 11) is 1.45. The van der Waals surface area contributed by atoms with E-state index in [1.807, 2.05) is 0 Å². The standard InChI is InChI=1S/C13H17N3O2/c1-18-13(17)11-6-3-7-16(11)12-9-4-2-5-10(9)14-8-15-12/h8,11H,2-7H2,1H3. The van der Waals surface area contributed by atoms with E-state index in [-0.39, 0.29) is 12.0 Å². The van der Waals surface area contributed by atoms with Crippen LogP contribution in [0.25, 0.3) is 0 Å². The maximum Gasteiger partial charge on any atom is 0.328 e. The average Bonchev–Trinajstić information content (AvgIpc) is 3.05. The molecule has 1 atom stereocenters. The molecule has 0 radical (unpaired) electrons. The molecule has 5 nitrogen and oxygen atoms in total. The van der Waals surface area contributed by atoms with Gasteiger partial charge in [0.15, 0.2) is 0 Å². The van der Waals surface area contributed by atoms with Gasteiger partial charge in [0, 0.05) is 17.8 Å². The highest BCUT2D eigenvalue weighted by molar-refractivity contribution is 5.80. The molecule has 0 bridgehead atoms. The Morgan fingerprint density at radius 2 is 2.28 bits per heavy atom. The minimum Gasteiger partial charge on any atom is -0.467 e. The van der Waals surface area contributed by atoms with Gasteiger partial charge in [-0.3, -0.25) is 0 Å². The third-order valence-corrected chi connectivity index (χ3v) is 3.85. The van der Waals surface area contributed by atoms with Crippen LogP contribution < -0.4 is 4.90 Å². The molecule has 18 heavy (non-hydrogen) atoms. The smallest absolute Gasteiger partial charge is 0.328 e. The molecular formula is C13H17N3O2. The van der Waals surface area contributed by atoms with E-state index in [2.05, 4.69) is 14.9 Å². The van der Waals surface area contributed by atoms with E-state index >= 15 is 0 Å². The van der Waals surface area contributed by atoms with Crippen LogP contribution in [0.15, 0.2) is 6.33 Å². The number of hydrogen-bond acceptors (Lipinski definition) is 5. The van der Waals surface area contributed by atoms with Crippen molar-refractivity contribution < 1.29 is 9.53 Å². The zero-order chi connectivity index (χ0) is 12.5. The fraction of sp³-hybridized carbons (Fsp3) is 0.615. The number of fused-ring (bicyclic) bond motifs is 1. The molecule has 1 aromatic heterocycles. The molecule has 2 heterocycles. The maximum absolute atomic E-state index is 11.8. The van der Waals surface area contributed by atoms with Crippen molar-refractivity contribution in [1.82, 2.24) is 9.97 Å². The van der Waals surface area contributed by atoms with Crippen molar-refractivity contribution >= 4 is 11.8 Å². The van der Waals surface area contributed by atoms with Gasteiger partial charge >= 0.3 is 5.97 Å². The Morgan fingerprint density at radius 3 is 3.11 bits per heavy atom. The predicted octanol–water partition coefficient (Wildman–Crippen LogP) is 1.11. The third-order valence-electron chi connectivity index (χ3n) is 3.85. The van der Waals surface area contributed by atoms with Crippen LogP contribution in [-0.2, 0) is 22.4 Å². The predicted molar refractivity (Wildman–Crippen MR) is 66.4 cm³/mol. The number of hydrogen-bond donors (Lipinski definition) is 0. The summed E-state index contributed by atoms with van der Waals surface area (Å²) in [5, 5.41) is 0. The Morgan fingerprint density at radius 1 is 1.39 bits per heavy atom. The van der Waals surface area contributed by atoms with Crippen LogP contribution in [0.4, 0.5) is 5.82 Å². The fourth-order valence-electron chi connectivity index (χ4n) is 2.99. The van der Waals surface area contributed by atoms with E-state index in [1.165, 1.54) is 12.7 Å². The third kappa shape index (κ3) is 1.74. The van der Waals surface area contributed by atoms with Crippen molar-refractivity contribution in [2.75, 3.05) is 18.6 Å².